The van der Waals surface area contributed by atoms with Crippen molar-refractivity contribution in [2.75, 3.05) is 13.2 Å². The quantitative estimate of drug-likeness (QED) is 0.624. The Labute approximate surface area is 145 Å². The van der Waals surface area contributed by atoms with Gasteiger partial charge in [0.25, 0.3) is 0 Å². The molecule has 130 valence electrons. The minimum atomic E-state index is -1.61. The van der Waals surface area contributed by atoms with Crippen LogP contribution >= 0.6 is 0 Å². The number of esters is 1. The highest BCUT2D eigenvalue weighted by Crippen LogP contribution is 2.43. The molecule has 4 nitrogen and oxygen atoms in total. The lowest BCUT2D eigenvalue weighted by Crippen LogP contribution is -2.51. The molecule has 0 aromatic heterocycles. The minimum absolute atomic E-state index is 0.0550. The first kappa shape index (κ1) is 17.2. The zero-order valence-electron chi connectivity index (χ0n) is 14.8. The van der Waals surface area contributed by atoms with Gasteiger partial charge in [-0.15, -0.1) is 0 Å². The molecule has 0 saturated carbocycles. The van der Waals surface area contributed by atoms with Crippen LogP contribution < -0.4 is 0 Å². The average Bonchev–Trinajstić information content (AvgIpc) is 2.70. The third-order valence-electron chi connectivity index (χ3n) is 5.49. The Bertz CT molecular complexity index is 611. The number of nitrogens with zero attached hydrogens (tertiary/aromatic N) is 1. The number of amides is 1. The Morgan fingerprint density at radius 2 is 1.88 bits per heavy atom. The number of carbonyl (C=O) groups excluding carboxylic acids is 2. The lowest BCUT2D eigenvalue weighted by atomic mass is 9.80. The lowest BCUT2D eigenvalue weighted by Gasteiger charge is -2.43. The molecule has 2 heterocycles. The van der Waals surface area contributed by atoms with E-state index in [0.717, 1.165) is 18.5 Å². The Morgan fingerprint density at radius 3 is 2.54 bits per heavy atom. The van der Waals surface area contributed by atoms with Crippen LogP contribution in [0.5, 0.6) is 0 Å². The predicted molar refractivity (Wildman–Crippen MR) is 96.1 cm³/mol. The Balaban J connectivity index is 1.84. The molecule has 1 aromatic carbocycles. The van der Waals surface area contributed by atoms with E-state index in [1.165, 1.54) is 0 Å². The van der Waals surface area contributed by atoms with E-state index >= 15 is 0 Å². The molecule has 0 spiro atoms. The molecule has 1 amide bonds. The van der Waals surface area contributed by atoms with E-state index in [1.54, 1.807) is 0 Å². The molecule has 3 rings (SSSR count). The Kier molecular flexibility index (Phi) is 4.81. The van der Waals surface area contributed by atoms with Crippen LogP contribution in [0.4, 0.5) is 0 Å². The maximum Gasteiger partial charge on any atom is 0.306 e. The van der Waals surface area contributed by atoms with E-state index in [2.05, 4.69) is 31.8 Å². The Morgan fingerprint density at radius 1 is 1.17 bits per heavy atom. The first-order valence-corrected chi connectivity index (χ1v) is 12.4. The highest BCUT2D eigenvalue weighted by molar-refractivity contribution is 6.77. The fourth-order valence-electron chi connectivity index (χ4n) is 4.06. The standard InChI is InChI=1S/C19H27NO3Si/c1-24(2,3)16-13-23-17(21)11-15-9-10-20(19(22)18(15)16)12-14-7-5-4-6-8-14/h4-8,15-16,18H,9-13H2,1-3H3/t15-,16-,18-/m0/s1. The summed E-state index contributed by atoms with van der Waals surface area (Å²) >= 11 is 0. The van der Waals surface area contributed by atoms with Gasteiger partial charge in [0.1, 0.15) is 0 Å². The number of piperidine rings is 1. The number of hydrogen-bond donors (Lipinski definition) is 0. The second-order valence-corrected chi connectivity index (χ2v) is 13.7. The molecule has 2 fully saturated rings. The molecule has 24 heavy (non-hydrogen) atoms. The molecule has 0 radical (unpaired) electrons. The first-order chi connectivity index (χ1) is 11.4. The molecule has 3 atom stereocenters. The SMILES string of the molecule is C[Si](C)(C)[C@H]1COC(=O)C[C@@H]2CCN(Cc3ccccc3)C(=O)[C@@H]21. The van der Waals surface area contributed by atoms with Gasteiger partial charge in [-0.3, -0.25) is 9.59 Å². The van der Waals surface area contributed by atoms with Gasteiger partial charge in [0.05, 0.1) is 14.7 Å². The molecule has 0 aliphatic carbocycles. The highest BCUT2D eigenvalue weighted by atomic mass is 28.3. The molecule has 0 N–H and O–H groups in total. The molecule has 1 aromatic rings. The number of rotatable bonds is 3. The molecular weight excluding hydrogens is 318 g/mol. The van der Waals surface area contributed by atoms with Crippen LogP contribution in [0.1, 0.15) is 18.4 Å². The normalized spacial score (nSPS) is 28.1. The summed E-state index contributed by atoms with van der Waals surface area (Å²) in [7, 11) is -1.61. The van der Waals surface area contributed by atoms with Crippen molar-refractivity contribution in [3.8, 4) is 0 Å². The van der Waals surface area contributed by atoms with Crippen LogP contribution in [-0.4, -0.2) is 38.0 Å². The fourth-order valence-corrected chi connectivity index (χ4v) is 6.14. The second-order valence-electron chi connectivity index (χ2n) is 8.18. The van der Waals surface area contributed by atoms with Gasteiger partial charge in [-0.25, -0.2) is 0 Å². The van der Waals surface area contributed by atoms with Gasteiger partial charge in [0, 0.05) is 25.4 Å². The number of fused-ring (bicyclic) bond motifs is 1. The maximum absolute atomic E-state index is 13.3. The zero-order valence-corrected chi connectivity index (χ0v) is 15.8. The number of benzene rings is 1. The molecule has 0 unspecified atom stereocenters. The van der Waals surface area contributed by atoms with E-state index in [-0.39, 0.29) is 29.3 Å². The van der Waals surface area contributed by atoms with Crippen LogP contribution in [0.3, 0.4) is 0 Å². The third-order valence-corrected chi connectivity index (χ3v) is 8.24. The van der Waals surface area contributed by atoms with Gasteiger partial charge in [0.2, 0.25) is 5.91 Å². The van der Waals surface area contributed by atoms with E-state index in [4.69, 9.17) is 4.74 Å². The van der Waals surface area contributed by atoms with Gasteiger partial charge in [-0.1, -0.05) is 50.0 Å². The van der Waals surface area contributed by atoms with Gasteiger partial charge in [0.15, 0.2) is 0 Å². The summed E-state index contributed by atoms with van der Waals surface area (Å²) in [5, 5.41) is 0. The van der Waals surface area contributed by atoms with Crippen molar-refractivity contribution in [1.29, 1.82) is 0 Å². The molecule has 2 saturated heterocycles. The summed E-state index contributed by atoms with van der Waals surface area (Å²) in [6.07, 6.45) is 1.30. The van der Waals surface area contributed by atoms with Gasteiger partial charge in [-0.05, 0) is 23.4 Å². The number of carbonyl (C=O) groups is 2. The van der Waals surface area contributed by atoms with Crippen molar-refractivity contribution in [1.82, 2.24) is 4.90 Å². The number of cyclic esters (lactones) is 1. The second kappa shape index (κ2) is 6.71. The van der Waals surface area contributed by atoms with E-state index in [1.807, 2.05) is 23.1 Å². The Hall–Kier alpha value is -1.62. The van der Waals surface area contributed by atoms with Crippen LogP contribution in [0.15, 0.2) is 30.3 Å². The van der Waals surface area contributed by atoms with Crippen molar-refractivity contribution in [2.45, 2.75) is 44.6 Å². The van der Waals surface area contributed by atoms with Crippen molar-refractivity contribution in [3.63, 3.8) is 0 Å². The van der Waals surface area contributed by atoms with Crippen LogP contribution in [0.2, 0.25) is 25.2 Å². The summed E-state index contributed by atoms with van der Waals surface area (Å²) in [6.45, 7) is 8.64. The van der Waals surface area contributed by atoms with E-state index in [0.29, 0.717) is 19.6 Å². The summed E-state index contributed by atoms with van der Waals surface area (Å²) in [5.41, 5.74) is 1.37. The van der Waals surface area contributed by atoms with Gasteiger partial charge >= 0.3 is 5.97 Å². The third kappa shape index (κ3) is 3.56. The number of likely N-dealkylation sites (tertiary alicyclic amines) is 1. The van der Waals surface area contributed by atoms with Crippen LogP contribution in [0, 0.1) is 11.8 Å². The molecule has 2 aliphatic heterocycles. The number of hydrogen-bond acceptors (Lipinski definition) is 3. The van der Waals surface area contributed by atoms with Crippen molar-refractivity contribution >= 4 is 20.0 Å². The predicted octanol–water partition coefficient (Wildman–Crippen LogP) is 3.31. The van der Waals surface area contributed by atoms with Gasteiger partial charge in [-0.2, -0.15) is 0 Å². The molecular formula is C19H27NO3Si. The number of ether oxygens (including phenoxy) is 1. The van der Waals surface area contributed by atoms with E-state index in [9.17, 15) is 9.59 Å². The monoisotopic (exact) mass is 345 g/mol. The van der Waals surface area contributed by atoms with E-state index < -0.39 is 8.07 Å². The average molecular weight is 346 g/mol. The largest absolute Gasteiger partial charge is 0.466 e. The summed E-state index contributed by atoms with van der Waals surface area (Å²) in [4.78, 5) is 27.2. The van der Waals surface area contributed by atoms with Crippen molar-refractivity contribution in [3.05, 3.63) is 35.9 Å². The topological polar surface area (TPSA) is 46.6 Å². The molecule has 5 heteroatoms. The van der Waals surface area contributed by atoms with Crippen LogP contribution in [0.25, 0.3) is 0 Å². The zero-order chi connectivity index (χ0) is 17.3. The summed E-state index contributed by atoms with van der Waals surface area (Å²) in [6, 6.07) is 10.1. The first-order valence-electron chi connectivity index (χ1n) is 8.84. The summed E-state index contributed by atoms with van der Waals surface area (Å²) < 4.78 is 5.46. The fraction of sp³-hybridized carbons (Fsp3) is 0.579. The highest BCUT2D eigenvalue weighted by Gasteiger charge is 2.48. The van der Waals surface area contributed by atoms with Crippen LogP contribution in [-0.2, 0) is 20.9 Å². The molecule has 0 bridgehead atoms. The smallest absolute Gasteiger partial charge is 0.306 e. The minimum Gasteiger partial charge on any atom is -0.466 e. The molecule has 2 aliphatic rings. The lowest BCUT2D eigenvalue weighted by molar-refractivity contribution is -0.144. The maximum atomic E-state index is 13.3. The van der Waals surface area contributed by atoms with Crippen molar-refractivity contribution in [2.24, 2.45) is 11.8 Å². The van der Waals surface area contributed by atoms with Crippen molar-refractivity contribution < 1.29 is 14.3 Å². The summed E-state index contributed by atoms with van der Waals surface area (Å²) in [5.74, 6) is 0.188. The van der Waals surface area contributed by atoms with Gasteiger partial charge < -0.3 is 9.64 Å².